The van der Waals surface area contributed by atoms with Crippen molar-refractivity contribution in [3.8, 4) is 0 Å². The zero-order chi connectivity index (χ0) is 59.9. The number of carbonyl (C=O) groups excluding carboxylic acids is 3. The minimum atomic E-state index is -0.801. The highest BCUT2D eigenvalue weighted by Gasteiger charge is 2.19. The van der Waals surface area contributed by atoms with Crippen LogP contribution >= 0.6 is 0 Å². The standard InChI is InChI=1S/C77H128O6/c1-4-7-10-13-16-19-22-25-28-31-34-36-37-38-39-41-43-46-49-52-55-58-61-64-67-70-76(79)82-73-74(72-81-75(78)69-66-63-60-57-54-51-48-45-42-33-30-27-24-21-18-15-12-9-6-3)83-77(80)71-68-65-62-59-56-53-50-47-44-40-35-32-29-26-23-20-17-14-11-8-5-2/h7,10,16,18-19,21,23,25-28,30,32,34-36,38-39,42,44-45,47,74H,4-6,8-9,11-15,17,20,22,24,29,31,33,37,40-41,43,46,48-73H2,1-3H3/b10-7-,19-16-,21-18-,26-23-,28-25-,30-27-,35-32-,36-34-,39-38-,45-42-,47-44-. The number of carbonyl (C=O) groups is 3. The molecule has 0 aromatic rings. The Labute approximate surface area is 513 Å². The van der Waals surface area contributed by atoms with E-state index in [0.717, 1.165) is 141 Å². The third-order valence-electron chi connectivity index (χ3n) is 14.6. The molecule has 0 aliphatic heterocycles. The third-order valence-corrected chi connectivity index (χ3v) is 14.6. The van der Waals surface area contributed by atoms with Crippen LogP contribution in [0, 0.1) is 0 Å². The lowest BCUT2D eigenvalue weighted by Crippen LogP contribution is -2.30. The summed E-state index contributed by atoms with van der Waals surface area (Å²) in [5.41, 5.74) is 0. The van der Waals surface area contributed by atoms with Crippen molar-refractivity contribution in [2.24, 2.45) is 0 Å². The highest BCUT2D eigenvalue weighted by atomic mass is 16.6. The first kappa shape index (κ1) is 78.5. The summed E-state index contributed by atoms with van der Waals surface area (Å²) in [5.74, 6) is -0.918. The Morgan fingerprint density at radius 2 is 0.470 bits per heavy atom. The maximum Gasteiger partial charge on any atom is 0.306 e. The average Bonchev–Trinajstić information content (AvgIpc) is 3.50. The van der Waals surface area contributed by atoms with Crippen molar-refractivity contribution < 1.29 is 28.6 Å². The second kappa shape index (κ2) is 70.0. The van der Waals surface area contributed by atoms with Gasteiger partial charge in [-0.25, -0.2) is 0 Å². The second-order valence-electron chi connectivity index (χ2n) is 22.7. The highest BCUT2D eigenvalue weighted by Crippen LogP contribution is 2.15. The number of esters is 3. The summed E-state index contributed by atoms with van der Waals surface area (Å²) >= 11 is 0. The SMILES string of the molecule is CC/C=C\C/C=C\C/C=C\C/C=C\C/C=C\CCCCCCCCCCCC(=O)OCC(COC(=O)CCCCCCCC/C=C\C/C=C\C/C=C\CCCCC)OC(=O)CCCCCCCC/C=C\C/C=C\C/C=C\CCCCCCC. The van der Waals surface area contributed by atoms with Crippen LogP contribution in [0.25, 0.3) is 0 Å². The first-order valence-electron chi connectivity index (χ1n) is 34.7. The van der Waals surface area contributed by atoms with Crippen LogP contribution < -0.4 is 0 Å². The smallest absolute Gasteiger partial charge is 0.306 e. The summed E-state index contributed by atoms with van der Waals surface area (Å²) < 4.78 is 17.0. The molecule has 0 rings (SSSR count). The minimum absolute atomic E-state index is 0.0942. The summed E-state index contributed by atoms with van der Waals surface area (Å²) in [4.78, 5) is 38.5. The molecule has 83 heavy (non-hydrogen) atoms. The summed E-state index contributed by atoms with van der Waals surface area (Å²) in [5, 5.41) is 0. The summed E-state index contributed by atoms with van der Waals surface area (Å²) in [7, 11) is 0. The molecule has 0 bridgehead atoms. The summed E-state index contributed by atoms with van der Waals surface area (Å²) in [6.07, 6.45) is 98.8. The van der Waals surface area contributed by atoms with E-state index < -0.39 is 6.10 Å². The fraction of sp³-hybridized carbons (Fsp3) is 0.675. The van der Waals surface area contributed by atoms with E-state index in [1.54, 1.807) is 0 Å². The molecule has 0 aliphatic carbocycles. The predicted molar refractivity (Wildman–Crippen MR) is 362 cm³/mol. The van der Waals surface area contributed by atoms with Gasteiger partial charge in [-0.3, -0.25) is 14.4 Å². The molecule has 6 nitrogen and oxygen atoms in total. The van der Waals surface area contributed by atoms with E-state index in [4.69, 9.17) is 14.2 Å². The van der Waals surface area contributed by atoms with Crippen molar-refractivity contribution in [2.45, 2.75) is 322 Å². The largest absolute Gasteiger partial charge is 0.462 e. The van der Waals surface area contributed by atoms with Crippen LogP contribution in [0.4, 0.5) is 0 Å². The Morgan fingerprint density at radius 3 is 0.759 bits per heavy atom. The van der Waals surface area contributed by atoms with Crippen molar-refractivity contribution in [3.05, 3.63) is 134 Å². The van der Waals surface area contributed by atoms with E-state index >= 15 is 0 Å². The van der Waals surface area contributed by atoms with Gasteiger partial charge in [-0.05, 0) is 141 Å². The van der Waals surface area contributed by atoms with Crippen LogP contribution in [-0.4, -0.2) is 37.2 Å². The third kappa shape index (κ3) is 68.2. The Morgan fingerprint density at radius 1 is 0.253 bits per heavy atom. The quantitative estimate of drug-likeness (QED) is 0.0261. The van der Waals surface area contributed by atoms with Crippen LogP contribution in [-0.2, 0) is 28.6 Å². The van der Waals surface area contributed by atoms with Crippen LogP contribution in [0.1, 0.15) is 316 Å². The molecule has 0 aromatic carbocycles. The van der Waals surface area contributed by atoms with Gasteiger partial charge in [0.05, 0.1) is 0 Å². The molecule has 0 fully saturated rings. The first-order chi connectivity index (χ1) is 41.0. The average molecular weight is 1150 g/mol. The van der Waals surface area contributed by atoms with Gasteiger partial charge in [0.1, 0.15) is 13.2 Å². The first-order valence-corrected chi connectivity index (χ1v) is 34.7. The van der Waals surface area contributed by atoms with E-state index in [9.17, 15) is 14.4 Å². The highest BCUT2D eigenvalue weighted by molar-refractivity contribution is 5.71. The lowest BCUT2D eigenvalue weighted by Gasteiger charge is -2.18. The monoisotopic (exact) mass is 1150 g/mol. The molecule has 0 saturated carbocycles. The van der Waals surface area contributed by atoms with Crippen LogP contribution in [0.15, 0.2) is 134 Å². The molecule has 0 amide bonds. The zero-order valence-corrected chi connectivity index (χ0v) is 54.2. The van der Waals surface area contributed by atoms with Gasteiger partial charge in [-0.1, -0.05) is 289 Å². The van der Waals surface area contributed by atoms with Crippen molar-refractivity contribution in [3.63, 3.8) is 0 Å². The number of ether oxygens (including phenoxy) is 3. The maximum atomic E-state index is 13.0. The molecule has 0 heterocycles. The van der Waals surface area contributed by atoms with Crippen molar-refractivity contribution in [2.75, 3.05) is 13.2 Å². The predicted octanol–water partition coefficient (Wildman–Crippen LogP) is 24.1. The number of rotatable bonds is 62. The summed E-state index contributed by atoms with van der Waals surface area (Å²) in [6, 6.07) is 0. The van der Waals surface area contributed by atoms with Crippen molar-refractivity contribution in [1.29, 1.82) is 0 Å². The number of hydrogen-bond donors (Lipinski definition) is 0. The van der Waals surface area contributed by atoms with E-state index in [-0.39, 0.29) is 31.1 Å². The van der Waals surface area contributed by atoms with E-state index in [1.807, 2.05) is 0 Å². The van der Waals surface area contributed by atoms with Gasteiger partial charge < -0.3 is 14.2 Å². The number of unbranched alkanes of at least 4 members (excludes halogenated alkanes) is 29. The number of allylic oxidation sites excluding steroid dienone is 22. The van der Waals surface area contributed by atoms with Crippen LogP contribution in [0.2, 0.25) is 0 Å². The molecule has 0 N–H and O–H groups in total. The van der Waals surface area contributed by atoms with Gasteiger partial charge in [0.15, 0.2) is 6.10 Å². The van der Waals surface area contributed by atoms with Gasteiger partial charge >= 0.3 is 17.9 Å². The fourth-order valence-electron chi connectivity index (χ4n) is 9.43. The summed E-state index contributed by atoms with van der Waals surface area (Å²) in [6.45, 7) is 6.48. The number of hydrogen-bond acceptors (Lipinski definition) is 6. The van der Waals surface area contributed by atoms with Crippen molar-refractivity contribution >= 4 is 17.9 Å². The molecule has 6 heteroatoms. The topological polar surface area (TPSA) is 78.9 Å². The lowest BCUT2D eigenvalue weighted by atomic mass is 10.1. The molecule has 0 saturated heterocycles. The lowest BCUT2D eigenvalue weighted by molar-refractivity contribution is -0.167. The van der Waals surface area contributed by atoms with Gasteiger partial charge in [-0.15, -0.1) is 0 Å². The van der Waals surface area contributed by atoms with Crippen LogP contribution in [0.3, 0.4) is 0 Å². The Hall–Kier alpha value is -4.45. The van der Waals surface area contributed by atoms with Gasteiger partial charge in [0.2, 0.25) is 0 Å². The molecule has 0 spiro atoms. The molecule has 0 radical (unpaired) electrons. The van der Waals surface area contributed by atoms with E-state index in [1.165, 1.54) is 135 Å². The van der Waals surface area contributed by atoms with E-state index in [2.05, 4.69) is 154 Å². The van der Waals surface area contributed by atoms with Gasteiger partial charge in [-0.2, -0.15) is 0 Å². The van der Waals surface area contributed by atoms with E-state index in [0.29, 0.717) is 19.3 Å². The van der Waals surface area contributed by atoms with Crippen molar-refractivity contribution in [1.82, 2.24) is 0 Å². The Balaban J connectivity index is 4.45. The molecule has 0 aliphatic rings. The maximum absolute atomic E-state index is 13.0. The molecule has 0 aromatic heterocycles. The van der Waals surface area contributed by atoms with Gasteiger partial charge in [0.25, 0.3) is 0 Å². The molecular weight excluding hydrogens is 1020 g/mol. The normalized spacial score (nSPS) is 13.0. The fourth-order valence-corrected chi connectivity index (χ4v) is 9.43. The van der Waals surface area contributed by atoms with Gasteiger partial charge in [0, 0.05) is 19.3 Å². The second-order valence-corrected chi connectivity index (χ2v) is 22.7. The molecule has 472 valence electrons. The van der Waals surface area contributed by atoms with Crippen LogP contribution in [0.5, 0.6) is 0 Å². The molecule has 1 unspecified atom stereocenters. The molecular formula is C77H128O6. The Bertz CT molecular complexity index is 1750. The minimum Gasteiger partial charge on any atom is -0.462 e. The zero-order valence-electron chi connectivity index (χ0n) is 54.2. The molecule has 1 atom stereocenters. The Kier molecular flexibility index (Phi) is 66.3.